The maximum absolute atomic E-state index is 11.6. The lowest BCUT2D eigenvalue weighted by atomic mass is 9.64. The lowest BCUT2D eigenvalue weighted by Gasteiger charge is -2.43. The molecular formula is C23H38O4. The van der Waals surface area contributed by atoms with Gasteiger partial charge < -0.3 is 14.2 Å². The quantitative estimate of drug-likeness (QED) is 0.377. The molecule has 0 saturated heterocycles. The van der Waals surface area contributed by atoms with Crippen LogP contribution in [0.15, 0.2) is 23.8 Å². The minimum absolute atomic E-state index is 0.0398. The minimum Gasteiger partial charge on any atom is -0.462 e. The third-order valence-corrected chi connectivity index (χ3v) is 6.40. The summed E-state index contributed by atoms with van der Waals surface area (Å²) >= 11 is 0. The molecule has 0 aromatic carbocycles. The second kappa shape index (κ2) is 10.4. The number of hydrogen-bond donors (Lipinski definition) is 0. The highest BCUT2D eigenvalue weighted by molar-refractivity contribution is 5.66. The molecule has 0 radical (unpaired) electrons. The molecule has 0 unspecified atom stereocenters. The third kappa shape index (κ3) is 6.18. The van der Waals surface area contributed by atoms with Gasteiger partial charge in [-0.15, -0.1) is 0 Å². The number of carbonyl (C=O) groups is 1. The van der Waals surface area contributed by atoms with Crippen molar-refractivity contribution < 1.29 is 19.0 Å². The molecule has 0 saturated carbocycles. The largest absolute Gasteiger partial charge is 0.462 e. The fraction of sp³-hybridized carbons (Fsp3) is 0.783. The summed E-state index contributed by atoms with van der Waals surface area (Å²) in [5, 5.41) is 0. The number of methoxy groups -OCH3 is 1. The first-order valence-corrected chi connectivity index (χ1v) is 10.4. The van der Waals surface area contributed by atoms with Crippen molar-refractivity contribution in [3.63, 3.8) is 0 Å². The van der Waals surface area contributed by atoms with E-state index in [1.165, 1.54) is 12.5 Å². The van der Waals surface area contributed by atoms with Gasteiger partial charge in [-0.3, -0.25) is 4.79 Å². The monoisotopic (exact) mass is 378 g/mol. The summed E-state index contributed by atoms with van der Waals surface area (Å²) in [7, 11) is 1.67. The van der Waals surface area contributed by atoms with Crippen molar-refractivity contribution >= 4 is 5.97 Å². The molecule has 4 heteroatoms. The van der Waals surface area contributed by atoms with Gasteiger partial charge >= 0.3 is 5.97 Å². The van der Waals surface area contributed by atoms with E-state index in [0.717, 1.165) is 25.7 Å². The average Bonchev–Trinajstić information content (AvgIpc) is 2.59. The zero-order valence-corrected chi connectivity index (χ0v) is 17.9. The van der Waals surface area contributed by atoms with E-state index in [-0.39, 0.29) is 18.2 Å². The predicted molar refractivity (Wildman–Crippen MR) is 108 cm³/mol. The Morgan fingerprint density at radius 1 is 1.26 bits per heavy atom. The molecule has 0 amide bonds. The van der Waals surface area contributed by atoms with E-state index in [0.29, 0.717) is 36.4 Å². The van der Waals surface area contributed by atoms with Gasteiger partial charge in [-0.05, 0) is 49.9 Å². The first-order chi connectivity index (χ1) is 12.8. The molecule has 2 aliphatic carbocycles. The molecule has 0 spiro atoms. The van der Waals surface area contributed by atoms with E-state index in [9.17, 15) is 4.79 Å². The first kappa shape index (κ1) is 22.2. The van der Waals surface area contributed by atoms with Crippen LogP contribution < -0.4 is 0 Å². The Kier molecular flexibility index (Phi) is 8.56. The number of hydrogen-bond acceptors (Lipinski definition) is 4. The van der Waals surface area contributed by atoms with Gasteiger partial charge in [-0.2, -0.15) is 0 Å². The number of rotatable bonds is 5. The molecule has 0 aromatic heterocycles. The van der Waals surface area contributed by atoms with Gasteiger partial charge in [0.2, 0.25) is 0 Å². The Labute approximate surface area is 165 Å². The van der Waals surface area contributed by atoms with Gasteiger partial charge in [0, 0.05) is 26.4 Å². The number of carbonyl (C=O) groups excluding carboxylic acids is 1. The summed E-state index contributed by atoms with van der Waals surface area (Å²) in [6.07, 6.45) is 10.7. The Bertz CT molecular complexity index is 536. The smallest absolute Gasteiger partial charge is 0.302 e. The van der Waals surface area contributed by atoms with Crippen LogP contribution in [0.3, 0.4) is 0 Å². The Morgan fingerprint density at radius 2 is 2.00 bits per heavy atom. The van der Waals surface area contributed by atoms with Crippen molar-refractivity contribution in [2.24, 2.45) is 29.6 Å². The van der Waals surface area contributed by atoms with Crippen LogP contribution in [0.25, 0.3) is 0 Å². The predicted octanol–water partition coefficient (Wildman–Crippen LogP) is 5.14. The highest BCUT2D eigenvalue weighted by Crippen LogP contribution is 2.45. The molecule has 154 valence electrons. The summed E-state index contributed by atoms with van der Waals surface area (Å²) in [5.74, 6) is 2.30. The maximum atomic E-state index is 11.6. The molecule has 27 heavy (non-hydrogen) atoms. The number of ether oxygens (including phenoxy) is 3. The van der Waals surface area contributed by atoms with Gasteiger partial charge in [-0.1, -0.05) is 44.6 Å². The number of allylic oxidation sites excluding steroid dienone is 2. The van der Waals surface area contributed by atoms with Crippen LogP contribution in [-0.2, 0) is 19.0 Å². The highest BCUT2D eigenvalue weighted by Gasteiger charge is 2.39. The fourth-order valence-corrected chi connectivity index (χ4v) is 4.89. The average molecular weight is 379 g/mol. The zero-order chi connectivity index (χ0) is 20.0. The molecular weight excluding hydrogens is 340 g/mol. The summed E-state index contributed by atoms with van der Waals surface area (Å²) in [5.41, 5.74) is 1.46. The van der Waals surface area contributed by atoms with E-state index in [2.05, 4.69) is 45.9 Å². The van der Waals surface area contributed by atoms with Crippen LogP contribution in [0.5, 0.6) is 0 Å². The molecule has 6 atom stereocenters. The van der Waals surface area contributed by atoms with Crippen LogP contribution >= 0.6 is 0 Å². The van der Waals surface area contributed by atoms with Crippen LogP contribution in [0.4, 0.5) is 0 Å². The van der Waals surface area contributed by atoms with Crippen LogP contribution in [0, 0.1) is 29.6 Å². The summed E-state index contributed by atoms with van der Waals surface area (Å²) in [6.45, 7) is 10.9. The van der Waals surface area contributed by atoms with Gasteiger partial charge in [0.05, 0.1) is 6.10 Å². The van der Waals surface area contributed by atoms with Crippen LogP contribution in [0.2, 0.25) is 0 Å². The third-order valence-electron chi connectivity index (χ3n) is 6.40. The van der Waals surface area contributed by atoms with Crippen molar-refractivity contribution in [2.45, 2.75) is 72.5 Å². The molecule has 2 aliphatic rings. The molecule has 0 heterocycles. The molecule has 0 aromatic rings. The second-order valence-electron chi connectivity index (χ2n) is 8.70. The summed E-state index contributed by atoms with van der Waals surface area (Å²) in [6, 6.07) is 0. The maximum Gasteiger partial charge on any atom is 0.302 e. The minimum atomic E-state index is -0.180. The zero-order valence-electron chi connectivity index (χ0n) is 17.9. The van der Waals surface area contributed by atoms with Crippen molar-refractivity contribution in [2.75, 3.05) is 13.9 Å². The van der Waals surface area contributed by atoms with E-state index in [1.54, 1.807) is 7.11 Å². The Hall–Kier alpha value is -1.13. The molecule has 2 rings (SSSR count). The van der Waals surface area contributed by atoms with Crippen LogP contribution in [0.1, 0.15) is 60.3 Å². The molecule has 0 bridgehead atoms. The van der Waals surface area contributed by atoms with Gasteiger partial charge in [0.15, 0.2) is 0 Å². The van der Waals surface area contributed by atoms with E-state index in [4.69, 9.17) is 14.2 Å². The van der Waals surface area contributed by atoms with Gasteiger partial charge in [-0.25, -0.2) is 0 Å². The standard InChI is InChI=1S/C23H38O4/c1-15(2)20-11-10-16(3)21-13-23(26-14-25-6)17(4)8-7-9-19(12-22(20)21)27-18(5)24/h7-8,10,15,17,19-23H,9,11-14H2,1-6H3/b8-7-/t17-,19-,20-,21+,22-,23+/m1/s1. The molecule has 0 aliphatic heterocycles. The molecule has 4 nitrogen and oxygen atoms in total. The van der Waals surface area contributed by atoms with E-state index < -0.39 is 0 Å². The molecule has 0 fully saturated rings. The van der Waals surface area contributed by atoms with E-state index in [1.807, 2.05) is 0 Å². The van der Waals surface area contributed by atoms with Crippen LogP contribution in [-0.4, -0.2) is 32.1 Å². The SMILES string of the molecule is COCO[C@H]1C[C@H]2C(C)=CC[C@H](C(C)C)[C@H]2C[C@H](OC(C)=O)C/C=C\[C@H]1C. The Morgan fingerprint density at radius 3 is 2.63 bits per heavy atom. The van der Waals surface area contributed by atoms with Gasteiger partial charge in [0.25, 0.3) is 0 Å². The fourth-order valence-electron chi connectivity index (χ4n) is 4.89. The Balaban J connectivity index is 2.35. The normalized spacial score (nSPS) is 35.9. The topological polar surface area (TPSA) is 44.8 Å². The lowest BCUT2D eigenvalue weighted by molar-refractivity contribution is -0.148. The van der Waals surface area contributed by atoms with Crippen molar-refractivity contribution in [1.29, 1.82) is 0 Å². The molecule has 0 N–H and O–H groups in total. The second-order valence-corrected chi connectivity index (χ2v) is 8.70. The van der Waals surface area contributed by atoms with Crippen molar-refractivity contribution in [3.05, 3.63) is 23.8 Å². The number of esters is 1. The number of fused-ring (bicyclic) bond motifs is 1. The van der Waals surface area contributed by atoms with Crippen molar-refractivity contribution in [3.8, 4) is 0 Å². The van der Waals surface area contributed by atoms with Crippen molar-refractivity contribution in [1.82, 2.24) is 0 Å². The first-order valence-electron chi connectivity index (χ1n) is 10.4. The summed E-state index contributed by atoms with van der Waals surface area (Å²) < 4.78 is 17.0. The van der Waals surface area contributed by atoms with Gasteiger partial charge in [0.1, 0.15) is 12.9 Å². The van der Waals surface area contributed by atoms with E-state index >= 15 is 0 Å². The highest BCUT2D eigenvalue weighted by atomic mass is 16.7. The summed E-state index contributed by atoms with van der Waals surface area (Å²) in [4.78, 5) is 11.6. The lowest BCUT2D eigenvalue weighted by Crippen LogP contribution is -2.38.